The lowest BCUT2D eigenvalue weighted by Gasteiger charge is -2.17. The first-order valence-electron chi connectivity index (χ1n) is 12.4. The number of fused-ring (bicyclic) bond motifs is 7. The summed E-state index contributed by atoms with van der Waals surface area (Å²) in [6, 6.07) is 13.4. The third kappa shape index (κ3) is 3.07. The van der Waals surface area contributed by atoms with Gasteiger partial charge < -0.3 is 4.57 Å². The van der Waals surface area contributed by atoms with Crippen molar-refractivity contribution in [1.29, 1.82) is 0 Å². The summed E-state index contributed by atoms with van der Waals surface area (Å²) in [6.07, 6.45) is 14.8. The molecule has 3 heteroatoms. The smallest absolute Gasteiger partial charge is 0.136 e. The van der Waals surface area contributed by atoms with E-state index in [0.29, 0.717) is 5.92 Å². The molecule has 0 aliphatic heterocycles. The number of hydrogen-bond donors (Lipinski definition) is 0. The highest BCUT2D eigenvalue weighted by Gasteiger charge is 2.26. The summed E-state index contributed by atoms with van der Waals surface area (Å²) in [4.78, 5) is 4.46. The molecule has 2 aliphatic carbocycles. The van der Waals surface area contributed by atoms with E-state index < -0.39 is 0 Å². The van der Waals surface area contributed by atoms with E-state index in [1.807, 2.05) is 6.92 Å². The van der Waals surface area contributed by atoms with E-state index in [1.165, 1.54) is 62.5 Å². The monoisotopic (exact) mass is 445 g/mol. The standard InChI is InChI=1S/C31H31N3/c1-20(2)19-29(32-4)34-27-12-8-6-10-25(27)30-28(34)18-17-24-23-9-5-7-11-26(23)33(31(24)30)22-15-13-21(3)14-16-22/h5,7,9,11,13,15-19,21H,1,4,6,8,10,12,14H2,2-3H3/b29-19+. The Morgan fingerprint density at radius 2 is 1.88 bits per heavy atom. The topological polar surface area (TPSA) is 22.2 Å². The molecule has 0 bridgehead atoms. The van der Waals surface area contributed by atoms with Gasteiger partial charge in [-0.3, -0.25) is 4.57 Å². The van der Waals surface area contributed by atoms with Crippen molar-refractivity contribution in [3.8, 4) is 0 Å². The molecule has 0 N–H and O–H groups in total. The van der Waals surface area contributed by atoms with Crippen LogP contribution < -0.4 is 0 Å². The molecule has 2 heterocycles. The molecule has 2 aromatic carbocycles. The van der Waals surface area contributed by atoms with Crippen LogP contribution in [0.3, 0.4) is 0 Å². The van der Waals surface area contributed by atoms with Crippen molar-refractivity contribution in [3.05, 3.63) is 84.1 Å². The van der Waals surface area contributed by atoms with Gasteiger partial charge in [-0.25, -0.2) is 4.99 Å². The fourth-order valence-corrected chi connectivity index (χ4v) is 5.89. The molecular weight excluding hydrogens is 414 g/mol. The van der Waals surface area contributed by atoms with E-state index in [2.05, 4.69) is 95.0 Å². The number of para-hydroxylation sites is 1. The second-order valence-electron chi connectivity index (χ2n) is 9.88. The summed E-state index contributed by atoms with van der Waals surface area (Å²) in [5, 5.41) is 4.00. The molecule has 1 unspecified atom stereocenters. The first-order chi connectivity index (χ1) is 16.6. The van der Waals surface area contributed by atoms with Gasteiger partial charge in [0.1, 0.15) is 5.82 Å². The lowest BCUT2D eigenvalue weighted by molar-refractivity contribution is 0.668. The van der Waals surface area contributed by atoms with Crippen LogP contribution in [0.1, 0.15) is 44.4 Å². The average Bonchev–Trinajstić information content (AvgIpc) is 3.36. The number of aromatic nitrogens is 2. The Morgan fingerprint density at radius 1 is 1.06 bits per heavy atom. The molecule has 0 fully saturated rings. The minimum Gasteiger partial charge on any atom is -0.309 e. The lowest BCUT2D eigenvalue weighted by atomic mass is 9.94. The van der Waals surface area contributed by atoms with Crippen LogP contribution in [0.25, 0.3) is 44.2 Å². The number of hydrogen-bond acceptors (Lipinski definition) is 1. The van der Waals surface area contributed by atoms with Crippen molar-refractivity contribution in [2.45, 2.75) is 46.0 Å². The summed E-state index contributed by atoms with van der Waals surface area (Å²) in [7, 11) is 0. The number of aliphatic imine (C=N–C) groups is 1. The van der Waals surface area contributed by atoms with Gasteiger partial charge in [0, 0.05) is 27.5 Å². The largest absolute Gasteiger partial charge is 0.309 e. The van der Waals surface area contributed by atoms with Gasteiger partial charge in [-0.1, -0.05) is 55.5 Å². The quantitative estimate of drug-likeness (QED) is 0.223. The predicted octanol–water partition coefficient (Wildman–Crippen LogP) is 8.14. The van der Waals surface area contributed by atoms with Gasteiger partial charge in [0.2, 0.25) is 0 Å². The number of benzene rings is 2. The number of allylic oxidation sites excluding steroid dienone is 6. The Labute approximate surface area is 201 Å². The molecule has 0 saturated heterocycles. The van der Waals surface area contributed by atoms with Gasteiger partial charge in [0.15, 0.2) is 0 Å². The summed E-state index contributed by atoms with van der Waals surface area (Å²) in [6.45, 7) is 12.3. The molecule has 4 aromatic rings. The molecule has 34 heavy (non-hydrogen) atoms. The van der Waals surface area contributed by atoms with Gasteiger partial charge in [-0.2, -0.15) is 0 Å². The molecule has 0 spiro atoms. The molecular formula is C31H31N3. The van der Waals surface area contributed by atoms with E-state index >= 15 is 0 Å². The van der Waals surface area contributed by atoms with Crippen LogP contribution in [-0.4, -0.2) is 15.9 Å². The summed E-state index contributed by atoms with van der Waals surface area (Å²) >= 11 is 0. The van der Waals surface area contributed by atoms with E-state index in [-0.39, 0.29) is 0 Å². The van der Waals surface area contributed by atoms with Crippen molar-refractivity contribution < 1.29 is 0 Å². The van der Waals surface area contributed by atoms with Crippen LogP contribution in [0.5, 0.6) is 0 Å². The first kappa shape index (κ1) is 21.0. The maximum Gasteiger partial charge on any atom is 0.136 e. The molecule has 2 aromatic heterocycles. The summed E-state index contributed by atoms with van der Waals surface area (Å²) in [5.41, 5.74) is 8.92. The van der Waals surface area contributed by atoms with Gasteiger partial charge in [0.05, 0.1) is 16.6 Å². The lowest BCUT2D eigenvalue weighted by Crippen LogP contribution is -2.07. The minimum absolute atomic E-state index is 0.583. The van der Waals surface area contributed by atoms with Crippen molar-refractivity contribution in [1.82, 2.24) is 9.13 Å². The number of rotatable bonds is 4. The van der Waals surface area contributed by atoms with E-state index in [1.54, 1.807) is 0 Å². The van der Waals surface area contributed by atoms with Gasteiger partial charge in [-0.05, 0) is 81.5 Å². The fourth-order valence-electron chi connectivity index (χ4n) is 5.89. The molecule has 0 radical (unpaired) electrons. The third-order valence-electron chi connectivity index (χ3n) is 7.39. The highest BCUT2D eigenvalue weighted by atomic mass is 15.1. The van der Waals surface area contributed by atoms with Crippen LogP contribution in [0.4, 0.5) is 0 Å². The molecule has 0 saturated carbocycles. The van der Waals surface area contributed by atoms with Crippen LogP contribution in [-0.2, 0) is 12.8 Å². The fraction of sp³-hybridized carbons (Fsp3) is 0.258. The number of aryl methyl sites for hydroxylation is 1. The second kappa shape index (κ2) is 8.02. The first-order valence-corrected chi connectivity index (χ1v) is 12.4. The van der Waals surface area contributed by atoms with Gasteiger partial charge in [-0.15, -0.1) is 0 Å². The zero-order valence-corrected chi connectivity index (χ0v) is 20.1. The van der Waals surface area contributed by atoms with Crippen molar-refractivity contribution >= 4 is 50.9 Å². The van der Waals surface area contributed by atoms with E-state index in [0.717, 1.165) is 30.7 Å². The third-order valence-corrected chi connectivity index (χ3v) is 7.39. The van der Waals surface area contributed by atoms with Crippen molar-refractivity contribution in [2.75, 3.05) is 0 Å². The van der Waals surface area contributed by atoms with E-state index in [9.17, 15) is 0 Å². The minimum atomic E-state index is 0.583. The zero-order valence-electron chi connectivity index (χ0n) is 20.1. The number of nitrogens with zero attached hydrogens (tertiary/aromatic N) is 3. The average molecular weight is 446 g/mol. The highest BCUT2D eigenvalue weighted by molar-refractivity contribution is 6.20. The summed E-state index contributed by atoms with van der Waals surface area (Å²) < 4.78 is 4.85. The molecule has 0 amide bonds. The van der Waals surface area contributed by atoms with E-state index in [4.69, 9.17) is 0 Å². The van der Waals surface area contributed by atoms with Gasteiger partial charge in [0.25, 0.3) is 0 Å². The Kier molecular flexibility index (Phi) is 4.95. The van der Waals surface area contributed by atoms with Crippen LogP contribution in [0.15, 0.2) is 77.8 Å². The summed E-state index contributed by atoms with van der Waals surface area (Å²) in [5.74, 6) is 1.45. The van der Waals surface area contributed by atoms with Crippen molar-refractivity contribution in [2.24, 2.45) is 10.9 Å². The Balaban J connectivity index is 1.80. The predicted molar refractivity (Wildman–Crippen MR) is 147 cm³/mol. The Hall–Kier alpha value is -3.59. The highest BCUT2D eigenvalue weighted by Crippen LogP contribution is 2.43. The molecule has 1 atom stereocenters. The maximum absolute atomic E-state index is 4.46. The normalized spacial score (nSPS) is 18.5. The SMILES string of the molecule is C=N/C(=C\C(=C)C)n1c2c(c3c1ccc1c4ccccc4n(C4=CCC(C)C=C4)c13)CCCC2. The zero-order chi connectivity index (χ0) is 23.4. The molecule has 2 aliphatic rings. The van der Waals surface area contributed by atoms with Crippen LogP contribution >= 0.6 is 0 Å². The Morgan fingerprint density at radius 3 is 2.65 bits per heavy atom. The van der Waals surface area contributed by atoms with Gasteiger partial charge >= 0.3 is 0 Å². The molecule has 3 nitrogen and oxygen atoms in total. The van der Waals surface area contributed by atoms with Crippen LogP contribution in [0, 0.1) is 5.92 Å². The second-order valence-corrected chi connectivity index (χ2v) is 9.88. The van der Waals surface area contributed by atoms with Crippen LogP contribution in [0.2, 0.25) is 0 Å². The van der Waals surface area contributed by atoms with Crippen molar-refractivity contribution in [3.63, 3.8) is 0 Å². The molecule has 170 valence electrons. The molecule has 6 rings (SSSR count). The Bertz CT molecular complexity index is 1580. The maximum atomic E-state index is 4.46.